The van der Waals surface area contributed by atoms with Crippen LogP contribution in [0.5, 0.6) is 5.75 Å². The maximum atomic E-state index is 8.65. The Bertz CT molecular complexity index is 323. The summed E-state index contributed by atoms with van der Waals surface area (Å²) in [6.45, 7) is 1.36. The maximum Gasteiger partial charge on any atom is 0.119 e. The third-order valence-corrected chi connectivity index (χ3v) is 3.23. The van der Waals surface area contributed by atoms with Crippen LogP contribution in [0.3, 0.4) is 0 Å². The molecule has 3 nitrogen and oxygen atoms in total. The van der Waals surface area contributed by atoms with Crippen molar-refractivity contribution in [2.45, 2.75) is 38.3 Å². The standard InChI is InChI=1S/C14H21NO2.ClH/c16-9-10-17-14-7-5-12(6-8-14)11-15-13-3-1-2-4-13;/h5-8,13,15-16H,1-4,9-11H2;1H/p-1. The molecule has 1 aromatic rings. The fourth-order valence-electron chi connectivity index (χ4n) is 2.26. The van der Waals surface area contributed by atoms with Crippen molar-refractivity contribution in [3.8, 4) is 5.75 Å². The molecule has 2 rings (SSSR count). The van der Waals surface area contributed by atoms with E-state index in [1.807, 2.05) is 12.1 Å². The van der Waals surface area contributed by atoms with Crippen molar-refractivity contribution in [1.82, 2.24) is 5.32 Å². The number of ether oxygens (including phenoxy) is 1. The number of nitrogens with one attached hydrogen (secondary N) is 1. The Morgan fingerprint density at radius 1 is 1.17 bits per heavy atom. The SMILES string of the molecule is OCCOc1ccc(CNC2CCCC2)cc1.[Cl-]. The number of rotatable bonds is 6. The van der Waals surface area contributed by atoms with Crippen LogP contribution in [0.25, 0.3) is 0 Å². The average Bonchev–Trinajstić information content (AvgIpc) is 2.88. The van der Waals surface area contributed by atoms with Gasteiger partial charge in [0.2, 0.25) is 0 Å². The van der Waals surface area contributed by atoms with Gasteiger partial charge in [-0.25, -0.2) is 0 Å². The third-order valence-electron chi connectivity index (χ3n) is 3.23. The van der Waals surface area contributed by atoms with Crippen LogP contribution >= 0.6 is 0 Å². The summed E-state index contributed by atoms with van der Waals surface area (Å²) in [5.74, 6) is 0.823. The quantitative estimate of drug-likeness (QED) is 0.704. The summed E-state index contributed by atoms with van der Waals surface area (Å²) < 4.78 is 5.32. The average molecular weight is 271 g/mol. The Hall–Kier alpha value is -0.770. The molecule has 0 heterocycles. The van der Waals surface area contributed by atoms with Gasteiger partial charge in [0.25, 0.3) is 0 Å². The second kappa shape index (κ2) is 8.35. The van der Waals surface area contributed by atoms with E-state index in [0.29, 0.717) is 12.6 Å². The Morgan fingerprint density at radius 2 is 1.83 bits per heavy atom. The molecule has 0 bridgehead atoms. The summed E-state index contributed by atoms with van der Waals surface area (Å²) in [5.41, 5.74) is 1.29. The normalized spacial score (nSPS) is 15.4. The molecule has 0 unspecified atom stereocenters. The molecule has 1 aliphatic rings. The summed E-state index contributed by atoms with van der Waals surface area (Å²) in [4.78, 5) is 0. The summed E-state index contributed by atoms with van der Waals surface area (Å²) in [5, 5.41) is 12.2. The molecule has 1 saturated carbocycles. The first kappa shape index (κ1) is 15.3. The van der Waals surface area contributed by atoms with Crippen molar-refractivity contribution < 1.29 is 22.3 Å². The Morgan fingerprint density at radius 3 is 2.44 bits per heavy atom. The van der Waals surface area contributed by atoms with Crippen LogP contribution in [0.15, 0.2) is 24.3 Å². The molecule has 0 spiro atoms. The van der Waals surface area contributed by atoms with E-state index >= 15 is 0 Å². The number of aliphatic hydroxyl groups is 1. The van der Waals surface area contributed by atoms with Gasteiger partial charge in [0.15, 0.2) is 0 Å². The Balaban J connectivity index is 0.00000162. The van der Waals surface area contributed by atoms with Crippen LogP contribution in [0.2, 0.25) is 0 Å². The maximum absolute atomic E-state index is 8.65. The lowest BCUT2D eigenvalue weighted by atomic mass is 10.2. The number of halogens is 1. The lowest BCUT2D eigenvalue weighted by molar-refractivity contribution is -0.00000478. The second-order valence-electron chi connectivity index (χ2n) is 4.58. The molecule has 1 aliphatic carbocycles. The second-order valence-corrected chi connectivity index (χ2v) is 4.58. The first-order valence-corrected chi connectivity index (χ1v) is 6.44. The highest BCUT2D eigenvalue weighted by Crippen LogP contribution is 2.18. The lowest BCUT2D eigenvalue weighted by Gasteiger charge is -2.12. The van der Waals surface area contributed by atoms with Gasteiger partial charge >= 0.3 is 0 Å². The highest BCUT2D eigenvalue weighted by Gasteiger charge is 2.13. The molecule has 2 N–H and O–H groups in total. The minimum absolute atomic E-state index is 0. The molecule has 102 valence electrons. The molecule has 0 amide bonds. The third kappa shape index (κ3) is 4.84. The number of aliphatic hydroxyl groups excluding tert-OH is 1. The van der Waals surface area contributed by atoms with E-state index in [0.717, 1.165) is 12.3 Å². The van der Waals surface area contributed by atoms with Crippen LogP contribution in [0.4, 0.5) is 0 Å². The topological polar surface area (TPSA) is 41.5 Å². The van der Waals surface area contributed by atoms with Crippen molar-refractivity contribution >= 4 is 0 Å². The van der Waals surface area contributed by atoms with Gasteiger partial charge in [-0.3, -0.25) is 0 Å². The molecular formula is C14H21ClNO2-. The molecule has 1 fully saturated rings. The lowest BCUT2D eigenvalue weighted by Crippen LogP contribution is -3.00. The van der Waals surface area contributed by atoms with Gasteiger partial charge in [-0.2, -0.15) is 0 Å². The predicted molar refractivity (Wildman–Crippen MR) is 68.1 cm³/mol. The highest BCUT2D eigenvalue weighted by molar-refractivity contribution is 5.27. The van der Waals surface area contributed by atoms with E-state index < -0.39 is 0 Å². The van der Waals surface area contributed by atoms with Crippen molar-refractivity contribution in [3.05, 3.63) is 29.8 Å². The smallest absolute Gasteiger partial charge is 0.119 e. The summed E-state index contributed by atoms with van der Waals surface area (Å²) in [6, 6.07) is 8.78. The van der Waals surface area contributed by atoms with E-state index in [1.54, 1.807) is 0 Å². The van der Waals surface area contributed by atoms with Crippen LogP contribution < -0.4 is 22.5 Å². The number of hydrogen-bond donors (Lipinski definition) is 2. The minimum Gasteiger partial charge on any atom is -1.00 e. The fourth-order valence-corrected chi connectivity index (χ4v) is 2.26. The summed E-state index contributed by atoms with van der Waals surface area (Å²) >= 11 is 0. The summed E-state index contributed by atoms with van der Waals surface area (Å²) in [7, 11) is 0. The first-order chi connectivity index (χ1) is 8.38. The van der Waals surface area contributed by atoms with Crippen LogP contribution in [0, 0.1) is 0 Å². The van der Waals surface area contributed by atoms with Crippen molar-refractivity contribution in [1.29, 1.82) is 0 Å². The molecule has 4 heteroatoms. The van der Waals surface area contributed by atoms with E-state index in [9.17, 15) is 0 Å². The summed E-state index contributed by atoms with van der Waals surface area (Å²) in [6.07, 6.45) is 5.37. The monoisotopic (exact) mass is 270 g/mol. The number of benzene rings is 1. The van der Waals surface area contributed by atoms with Crippen LogP contribution in [-0.4, -0.2) is 24.4 Å². The molecule has 0 radical (unpaired) electrons. The van der Waals surface area contributed by atoms with E-state index in [-0.39, 0.29) is 19.0 Å². The van der Waals surface area contributed by atoms with Gasteiger partial charge in [0.1, 0.15) is 12.4 Å². The molecule has 0 aromatic heterocycles. The van der Waals surface area contributed by atoms with Gasteiger partial charge in [0, 0.05) is 12.6 Å². The largest absolute Gasteiger partial charge is 1.00 e. The van der Waals surface area contributed by atoms with E-state index in [2.05, 4.69) is 17.4 Å². The molecule has 0 atom stereocenters. The zero-order chi connectivity index (χ0) is 11.9. The van der Waals surface area contributed by atoms with E-state index in [1.165, 1.54) is 31.2 Å². The van der Waals surface area contributed by atoms with Gasteiger partial charge in [-0.15, -0.1) is 0 Å². The van der Waals surface area contributed by atoms with Gasteiger partial charge in [-0.1, -0.05) is 25.0 Å². The van der Waals surface area contributed by atoms with Gasteiger partial charge in [0.05, 0.1) is 6.61 Å². The van der Waals surface area contributed by atoms with Crippen molar-refractivity contribution in [2.75, 3.05) is 13.2 Å². The van der Waals surface area contributed by atoms with Gasteiger partial charge in [-0.05, 0) is 30.5 Å². The predicted octanol–water partition coefficient (Wildman–Crippen LogP) is -0.906. The van der Waals surface area contributed by atoms with Gasteiger partial charge < -0.3 is 27.6 Å². The number of hydrogen-bond acceptors (Lipinski definition) is 3. The fraction of sp³-hybridized carbons (Fsp3) is 0.571. The Kier molecular flexibility index (Phi) is 7.09. The van der Waals surface area contributed by atoms with Crippen molar-refractivity contribution in [2.24, 2.45) is 0 Å². The highest BCUT2D eigenvalue weighted by atomic mass is 35.5. The minimum atomic E-state index is 0. The zero-order valence-electron chi connectivity index (χ0n) is 10.6. The molecule has 1 aromatic carbocycles. The Labute approximate surface area is 115 Å². The molecule has 0 aliphatic heterocycles. The molecule has 0 saturated heterocycles. The van der Waals surface area contributed by atoms with Crippen LogP contribution in [0.1, 0.15) is 31.2 Å². The van der Waals surface area contributed by atoms with Crippen LogP contribution in [-0.2, 0) is 6.54 Å². The molecular weight excluding hydrogens is 250 g/mol. The first-order valence-electron chi connectivity index (χ1n) is 6.44. The zero-order valence-corrected chi connectivity index (χ0v) is 11.3. The van der Waals surface area contributed by atoms with Crippen molar-refractivity contribution in [3.63, 3.8) is 0 Å². The van der Waals surface area contributed by atoms with E-state index in [4.69, 9.17) is 9.84 Å². The molecule has 18 heavy (non-hydrogen) atoms.